The summed E-state index contributed by atoms with van der Waals surface area (Å²) in [4.78, 5) is 28.5. The normalized spacial score (nSPS) is 17.6. The van der Waals surface area contributed by atoms with Crippen molar-refractivity contribution in [1.29, 1.82) is 0 Å². The lowest BCUT2D eigenvalue weighted by Crippen LogP contribution is -2.43. The Morgan fingerprint density at radius 3 is 2.34 bits per heavy atom. The molecule has 0 aliphatic heterocycles. The number of methoxy groups -OCH3 is 1. The van der Waals surface area contributed by atoms with Crippen molar-refractivity contribution in [3.05, 3.63) is 71.8 Å². The second-order valence-corrected chi connectivity index (χ2v) is 10.7. The summed E-state index contributed by atoms with van der Waals surface area (Å²) in [5.74, 6) is 0.884. The number of hydrogen-bond donors (Lipinski definition) is 0. The van der Waals surface area contributed by atoms with Crippen LogP contribution in [-0.4, -0.2) is 25.0 Å². The molecule has 1 aromatic heterocycles. The Balaban J connectivity index is 1.57. The van der Waals surface area contributed by atoms with E-state index in [4.69, 9.17) is 13.9 Å². The molecule has 4 aromatic rings. The Labute approximate surface area is 223 Å². The molecular weight excluding hydrogens is 478 g/mol. The van der Waals surface area contributed by atoms with Gasteiger partial charge in [0.15, 0.2) is 0 Å². The van der Waals surface area contributed by atoms with Crippen molar-refractivity contribution in [2.24, 2.45) is 11.8 Å². The Morgan fingerprint density at radius 2 is 1.66 bits per heavy atom. The molecule has 0 N–H and O–H groups in total. The minimum Gasteiger partial charge on any atom is -0.489 e. The third kappa shape index (κ3) is 5.13. The van der Waals surface area contributed by atoms with Gasteiger partial charge in [-0.1, -0.05) is 37.3 Å². The molecule has 1 saturated carbocycles. The fourth-order valence-electron chi connectivity index (χ4n) is 5.45. The first-order valence-electron chi connectivity index (χ1n) is 13.4. The van der Waals surface area contributed by atoms with Gasteiger partial charge in [-0.05, 0) is 81.3 Å². The lowest BCUT2D eigenvalue weighted by molar-refractivity contribution is -0.123. The zero-order chi connectivity index (χ0) is 26.8. The van der Waals surface area contributed by atoms with E-state index in [-0.39, 0.29) is 17.9 Å². The summed E-state index contributed by atoms with van der Waals surface area (Å²) in [7, 11) is 1.36. The van der Waals surface area contributed by atoms with Crippen LogP contribution in [0.5, 0.6) is 5.75 Å². The molecule has 1 aliphatic rings. The fourth-order valence-corrected chi connectivity index (χ4v) is 5.45. The van der Waals surface area contributed by atoms with Gasteiger partial charge in [0.2, 0.25) is 5.91 Å². The number of ether oxygens (including phenoxy) is 2. The van der Waals surface area contributed by atoms with Crippen molar-refractivity contribution in [3.8, 4) is 5.75 Å². The Hall–Kier alpha value is -3.80. The van der Waals surface area contributed by atoms with E-state index in [1.807, 2.05) is 68.4 Å². The summed E-state index contributed by atoms with van der Waals surface area (Å²) >= 11 is 0. The molecule has 38 heavy (non-hydrogen) atoms. The predicted molar refractivity (Wildman–Crippen MR) is 150 cm³/mol. The number of fused-ring (bicyclic) bond motifs is 3. The zero-order valence-electron chi connectivity index (χ0n) is 22.5. The van der Waals surface area contributed by atoms with Crippen molar-refractivity contribution in [1.82, 2.24) is 0 Å². The second kappa shape index (κ2) is 10.9. The van der Waals surface area contributed by atoms with Gasteiger partial charge < -0.3 is 18.8 Å². The summed E-state index contributed by atoms with van der Waals surface area (Å²) in [5.41, 5.74) is 3.21. The Morgan fingerprint density at radius 1 is 0.947 bits per heavy atom. The van der Waals surface area contributed by atoms with Crippen LogP contribution < -0.4 is 9.64 Å². The lowest BCUT2D eigenvalue weighted by atomic mass is 9.82. The highest BCUT2D eigenvalue weighted by Gasteiger charge is 2.33. The molecule has 0 bridgehead atoms. The minimum absolute atomic E-state index is 0.0473. The van der Waals surface area contributed by atoms with Crippen molar-refractivity contribution in [3.63, 3.8) is 0 Å². The molecule has 1 amide bonds. The largest absolute Gasteiger partial charge is 0.489 e. The van der Waals surface area contributed by atoms with Gasteiger partial charge >= 0.3 is 5.97 Å². The van der Waals surface area contributed by atoms with Crippen molar-refractivity contribution in [2.45, 2.75) is 59.1 Å². The van der Waals surface area contributed by atoms with Crippen LogP contribution in [0.4, 0.5) is 5.69 Å². The molecular formula is C32H35NO5. The number of benzene rings is 3. The van der Waals surface area contributed by atoms with E-state index in [0.717, 1.165) is 47.8 Å². The monoisotopic (exact) mass is 513 g/mol. The number of carbonyl (C=O) groups is 2. The number of furan rings is 1. The van der Waals surface area contributed by atoms with Crippen molar-refractivity contribution in [2.75, 3.05) is 12.0 Å². The third-order valence-electron chi connectivity index (χ3n) is 7.59. The summed E-state index contributed by atoms with van der Waals surface area (Å²) in [6.45, 7) is 6.66. The predicted octanol–water partition coefficient (Wildman–Crippen LogP) is 7.52. The molecule has 1 fully saturated rings. The Bertz CT molecular complexity index is 1450. The van der Waals surface area contributed by atoms with Gasteiger partial charge in [-0.2, -0.15) is 0 Å². The molecule has 3 aromatic carbocycles. The van der Waals surface area contributed by atoms with Gasteiger partial charge in [0.25, 0.3) is 0 Å². The van der Waals surface area contributed by atoms with Crippen molar-refractivity contribution < 1.29 is 23.5 Å². The van der Waals surface area contributed by atoms with Crippen LogP contribution in [-0.2, 0) is 16.1 Å². The SMILES string of the molecule is COC(=O)c1cc2oc3ccc(OCc4ccccc4)cc3c2cc1N(C(=O)C1CCC(C)CC1)C(C)C. The van der Waals surface area contributed by atoms with E-state index in [2.05, 4.69) is 6.92 Å². The number of rotatable bonds is 7. The molecule has 0 radical (unpaired) electrons. The van der Waals surface area contributed by atoms with Crippen LogP contribution in [0.3, 0.4) is 0 Å². The van der Waals surface area contributed by atoms with Gasteiger partial charge in [-0.25, -0.2) is 4.79 Å². The van der Waals surface area contributed by atoms with Crippen LogP contribution in [0, 0.1) is 11.8 Å². The number of hydrogen-bond acceptors (Lipinski definition) is 5. The maximum Gasteiger partial charge on any atom is 0.340 e. The van der Waals surface area contributed by atoms with Gasteiger partial charge in [-0.15, -0.1) is 0 Å². The first-order chi connectivity index (χ1) is 18.4. The van der Waals surface area contributed by atoms with E-state index >= 15 is 0 Å². The second-order valence-electron chi connectivity index (χ2n) is 10.7. The van der Waals surface area contributed by atoms with Gasteiger partial charge in [0, 0.05) is 22.7 Å². The molecule has 0 atom stereocenters. The molecule has 0 unspecified atom stereocenters. The molecule has 6 heteroatoms. The van der Waals surface area contributed by atoms with Gasteiger partial charge in [0.1, 0.15) is 23.5 Å². The summed E-state index contributed by atoms with van der Waals surface area (Å²) in [5, 5.41) is 1.69. The highest BCUT2D eigenvalue weighted by Crippen LogP contribution is 2.39. The van der Waals surface area contributed by atoms with E-state index in [9.17, 15) is 9.59 Å². The number of nitrogens with zero attached hydrogens (tertiary/aromatic N) is 1. The highest BCUT2D eigenvalue weighted by molar-refractivity contribution is 6.12. The smallest absolute Gasteiger partial charge is 0.340 e. The number of amides is 1. The van der Waals surface area contributed by atoms with E-state index in [1.165, 1.54) is 7.11 Å². The molecule has 0 spiro atoms. The molecule has 5 rings (SSSR count). The van der Waals surface area contributed by atoms with Crippen LogP contribution in [0.2, 0.25) is 0 Å². The molecule has 1 aliphatic carbocycles. The highest BCUT2D eigenvalue weighted by atomic mass is 16.5. The number of carbonyl (C=O) groups excluding carboxylic acids is 2. The standard InChI is InChI=1S/C32H35NO5/c1-20(2)33(31(34)23-12-10-21(3)11-13-23)28-17-26-25-16-24(37-19-22-8-6-5-7-9-22)14-15-29(25)38-30(26)18-27(28)32(35)36-4/h5-9,14-18,20-21,23H,10-13,19H2,1-4H3. The quantitative estimate of drug-likeness (QED) is 0.239. The summed E-state index contributed by atoms with van der Waals surface area (Å²) < 4.78 is 17.3. The topological polar surface area (TPSA) is 69.0 Å². The first-order valence-corrected chi connectivity index (χ1v) is 13.4. The average molecular weight is 514 g/mol. The lowest BCUT2D eigenvalue weighted by Gasteiger charge is -2.34. The zero-order valence-corrected chi connectivity index (χ0v) is 22.5. The van der Waals surface area contributed by atoms with Gasteiger partial charge in [0.05, 0.1) is 18.4 Å². The fraction of sp³-hybridized carbons (Fsp3) is 0.375. The van der Waals surface area contributed by atoms with E-state index in [1.54, 1.807) is 11.0 Å². The molecule has 1 heterocycles. The molecule has 6 nitrogen and oxygen atoms in total. The summed E-state index contributed by atoms with van der Waals surface area (Å²) in [6.07, 6.45) is 3.83. The number of anilines is 1. The van der Waals surface area contributed by atoms with Crippen LogP contribution in [0.25, 0.3) is 21.9 Å². The number of esters is 1. The summed E-state index contributed by atoms with van der Waals surface area (Å²) in [6, 6.07) is 19.2. The van der Waals surface area contributed by atoms with Crippen molar-refractivity contribution >= 4 is 39.5 Å². The minimum atomic E-state index is -0.495. The maximum absolute atomic E-state index is 13.9. The third-order valence-corrected chi connectivity index (χ3v) is 7.59. The first kappa shape index (κ1) is 25.8. The van der Waals surface area contributed by atoms with E-state index < -0.39 is 5.97 Å². The van der Waals surface area contributed by atoms with Gasteiger partial charge in [-0.3, -0.25) is 4.79 Å². The molecule has 198 valence electrons. The van der Waals surface area contributed by atoms with Crippen LogP contribution in [0.15, 0.2) is 65.1 Å². The van der Waals surface area contributed by atoms with Crippen LogP contribution in [0.1, 0.15) is 62.4 Å². The van der Waals surface area contributed by atoms with Crippen LogP contribution >= 0.6 is 0 Å². The maximum atomic E-state index is 13.9. The average Bonchev–Trinajstić information content (AvgIpc) is 3.28. The van der Waals surface area contributed by atoms with E-state index in [0.29, 0.717) is 34.9 Å². The Kier molecular flexibility index (Phi) is 7.41. The molecule has 0 saturated heterocycles.